The number of amides is 1. The van der Waals surface area contributed by atoms with Gasteiger partial charge in [-0.15, -0.1) is 0 Å². The van der Waals surface area contributed by atoms with Crippen LogP contribution in [0.4, 0.5) is 11.5 Å². The summed E-state index contributed by atoms with van der Waals surface area (Å²) in [5.74, 6) is 0.932. The fraction of sp³-hybridized carbons (Fsp3) is 0.333. The number of pyridine rings is 1. The van der Waals surface area contributed by atoms with Crippen molar-refractivity contribution in [1.82, 2.24) is 24.6 Å². The van der Waals surface area contributed by atoms with Crippen LogP contribution < -0.4 is 10.2 Å². The summed E-state index contributed by atoms with van der Waals surface area (Å²) in [6, 6.07) is 13.7. The van der Waals surface area contributed by atoms with Crippen LogP contribution in [-0.2, 0) is 11.3 Å². The van der Waals surface area contributed by atoms with Crippen molar-refractivity contribution in [2.24, 2.45) is 0 Å². The molecule has 1 fully saturated rings. The number of nitrogens with zero attached hydrogens (tertiary/aromatic N) is 6. The summed E-state index contributed by atoms with van der Waals surface area (Å²) in [6.07, 6.45) is 4.81. The average molecular weight is 391 g/mol. The highest BCUT2D eigenvalue weighted by atomic mass is 16.2. The highest BCUT2D eigenvalue weighted by molar-refractivity contribution is 5.93. The van der Waals surface area contributed by atoms with Gasteiger partial charge in [0.1, 0.15) is 24.5 Å². The molecule has 8 heteroatoms. The molecule has 3 aromatic rings. The molecule has 1 aromatic carbocycles. The summed E-state index contributed by atoms with van der Waals surface area (Å²) >= 11 is 0. The van der Waals surface area contributed by atoms with Crippen LogP contribution in [0.2, 0.25) is 0 Å². The Bertz CT molecular complexity index is 904. The Balaban J connectivity index is 1.27. The van der Waals surface area contributed by atoms with Crippen LogP contribution in [0.15, 0.2) is 61.3 Å². The van der Waals surface area contributed by atoms with Gasteiger partial charge in [0.05, 0.1) is 0 Å². The largest absolute Gasteiger partial charge is 0.354 e. The van der Waals surface area contributed by atoms with Crippen LogP contribution >= 0.6 is 0 Å². The summed E-state index contributed by atoms with van der Waals surface area (Å²) in [5.41, 5.74) is 2.02. The maximum Gasteiger partial charge on any atom is 0.249 e. The Morgan fingerprint density at radius 1 is 1.10 bits per heavy atom. The van der Waals surface area contributed by atoms with Crippen molar-refractivity contribution < 1.29 is 4.79 Å². The Morgan fingerprint density at radius 2 is 1.90 bits per heavy atom. The van der Waals surface area contributed by atoms with Crippen molar-refractivity contribution >= 4 is 17.4 Å². The Labute approximate surface area is 170 Å². The number of aromatic nitrogens is 4. The van der Waals surface area contributed by atoms with Gasteiger partial charge in [-0.2, -0.15) is 5.10 Å². The molecule has 0 radical (unpaired) electrons. The molecule has 0 spiro atoms. The summed E-state index contributed by atoms with van der Waals surface area (Å²) in [7, 11) is 0. The lowest BCUT2D eigenvalue weighted by molar-refractivity contribution is -0.119. The second-order valence-electron chi connectivity index (χ2n) is 7.19. The zero-order valence-electron chi connectivity index (χ0n) is 16.5. The molecule has 4 rings (SSSR count). The Hall–Kier alpha value is -3.26. The SMILES string of the molecule is C[C@@H](C(=O)Nc1ccc(CN2CCN(c3ccccn3)CC2)cc1)n1cncn1. The van der Waals surface area contributed by atoms with Crippen molar-refractivity contribution in [3.63, 3.8) is 0 Å². The van der Waals surface area contributed by atoms with E-state index in [1.165, 1.54) is 16.6 Å². The number of rotatable bonds is 6. The topological polar surface area (TPSA) is 79.2 Å². The lowest BCUT2D eigenvalue weighted by atomic mass is 10.1. The lowest BCUT2D eigenvalue weighted by Gasteiger charge is -2.35. The molecule has 8 nitrogen and oxygen atoms in total. The third kappa shape index (κ3) is 4.78. The molecule has 1 N–H and O–H groups in total. The van der Waals surface area contributed by atoms with E-state index in [0.717, 1.165) is 44.2 Å². The monoisotopic (exact) mass is 391 g/mol. The minimum Gasteiger partial charge on any atom is -0.354 e. The van der Waals surface area contributed by atoms with Gasteiger partial charge in [0.25, 0.3) is 0 Å². The Kier molecular flexibility index (Phi) is 5.81. The molecule has 1 aliphatic rings. The molecule has 0 unspecified atom stereocenters. The van der Waals surface area contributed by atoms with E-state index in [1.54, 1.807) is 13.3 Å². The van der Waals surface area contributed by atoms with Gasteiger partial charge in [-0.1, -0.05) is 18.2 Å². The molecule has 2 aromatic heterocycles. The van der Waals surface area contributed by atoms with Gasteiger partial charge in [-0.05, 0) is 36.8 Å². The van der Waals surface area contributed by atoms with E-state index in [2.05, 4.69) is 48.4 Å². The van der Waals surface area contributed by atoms with Crippen LogP contribution in [0.5, 0.6) is 0 Å². The zero-order valence-corrected chi connectivity index (χ0v) is 16.5. The number of nitrogens with one attached hydrogen (secondary N) is 1. The van der Waals surface area contributed by atoms with E-state index in [-0.39, 0.29) is 5.91 Å². The van der Waals surface area contributed by atoms with E-state index in [0.29, 0.717) is 0 Å². The minimum atomic E-state index is -0.410. The van der Waals surface area contributed by atoms with Crippen molar-refractivity contribution in [3.8, 4) is 0 Å². The first-order valence-electron chi connectivity index (χ1n) is 9.81. The van der Waals surface area contributed by atoms with Crippen molar-refractivity contribution in [1.29, 1.82) is 0 Å². The summed E-state index contributed by atoms with van der Waals surface area (Å²) in [4.78, 5) is 25.4. The highest BCUT2D eigenvalue weighted by Gasteiger charge is 2.18. The number of hydrogen-bond acceptors (Lipinski definition) is 6. The summed E-state index contributed by atoms with van der Waals surface area (Å²) < 4.78 is 1.54. The number of anilines is 2. The molecule has 0 bridgehead atoms. The van der Waals surface area contributed by atoms with Gasteiger partial charge in [-0.3, -0.25) is 9.69 Å². The van der Waals surface area contributed by atoms with Crippen LogP contribution in [-0.4, -0.2) is 56.7 Å². The molecule has 29 heavy (non-hydrogen) atoms. The summed E-state index contributed by atoms with van der Waals surface area (Å²) in [5, 5.41) is 6.94. The van der Waals surface area contributed by atoms with Gasteiger partial charge in [0, 0.05) is 44.6 Å². The van der Waals surface area contributed by atoms with Crippen LogP contribution in [0.3, 0.4) is 0 Å². The summed E-state index contributed by atoms with van der Waals surface area (Å²) in [6.45, 7) is 6.66. The van der Waals surface area contributed by atoms with Gasteiger partial charge in [0.15, 0.2) is 0 Å². The maximum atomic E-state index is 12.3. The molecule has 0 aliphatic carbocycles. The first kappa shape index (κ1) is 19.1. The smallest absolute Gasteiger partial charge is 0.249 e. The molecule has 3 heterocycles. The zero-order chi connectivity index (χ0) is 20.1. The first-order valence-corrected chi connectivity index (χ1v) is 9.81. The van der Waals surface area contributed by atoms with Gasteiger partial charge in [0.2, 0.25) is 5.91 Å². The van der Waals surface area contributed by atoms with Crippen molar-refractivity contribution in [3.05, 3.63) is 66.9 Å². The highest BCUT2D eigenvalue weighted by Crippen LogP contribution is 2.17. The minimum absolute atomic E-state index is 0.117. The number of benzene rings is 1. The molecule has 1 atom stereocenters. The fourth-order valence-corrected chi connectivity index (χ4v) is 3.41. The van der Waals surface area contributed by atoms with E-state index < -0.39 is 6.04 Å². The van der Waals surface area contributed by atoms with Crippen LogP contribution in [0.1, 0.15) is 18.5 Å². The predicted molar refractivity (Wildman–Crippen MR) is 112 cm³/mol. The number of carbonyl (C=O) groups excluding carboxylic acids is 1. The molecular formula is C21H25N7O. The van der Waals surface area contributed by atoms with Gasteiger partial charge >= 0.3 is 0 Å². The number of hydrogen-bond donors (Lipinski definition) is 1. The maximum absolute atomic E-state index is 12.3. The molecule has 1 amide bonds. The van der Waals surface area contributed by atoms with Crippen LogP contribution in [0.25, 0.3) is 0 Å². The van der Waals surface area contributed by atoms with E-state index in [9.17, 15) is 4.79 Å². The standard InChI is InChI=1S/C21H25N7O/c1-17(28-16-22-15-24-28)21(29)25-19-7-5-18(6-8-19)14-26-10-12-27(13-11-26)20-4-2-3-9-23-20/h2-9,15-17H,10-14H2,1H3,(H,25,29)/t17-/m0/s1. The second kappa shape index (κ2) is 8.83. The van der Waals surface area contributed by atoms with Crippen molar-refractivity contribution in [2.75, 3.05) is 36.4 Å². The van der Waals surface area contributed by atoms with Crippen molar-refractivity contribution in [2.45, 2.75) is 19.5 Å². The number of carbonyl (C=O) groups is 1. The molecule has 0 saturated carbocycles. The van der Waals surface area contributed by atoms with Gasteiger partial charge < -0.3 is 10.2 Å². The third-order valence-corrected chi connectivity index (χ3v) is 5.19. The Morgan fingerprint density at radius 3 is 2.55 bits per heavy atom. The molecule has 150 valence electrons. The van der Waals surface area contributed by atoms with E-state index >= 15 is 0 Å². The number of piperazine rings is 1. The predicted octanol–water partition coefficient (Wildman–Crippen LogP) is 2.20. The van der Waals surface area contributed by atoms with Gasteiger partial charge in [-0.25, -0.2) is 14.6 Å². The first-order chi connectivity index (χ1) is 14.2. The lowest BCUT2D eigenvalue weighted by Crippen LogP contribution is -2.46. The van der Waals surface area contributed by atoms with E-state index in [1.807, 2.05) is 30.5 Å². The quantitative estimate of drug-likeness (QED) is 0.694. The second-order valence-corrected chi connectivity index (χ2v) is 7.19. The van der Waals surface area contributed by atoms with E-state index in [4.69, 9.17) is 0 Å². The normalized spacial score (nSPS) is 15.8. The van der Waals surface area contributed by atoms with Crippen LogP contribution in [0, 0.1) is 0 Å². The fourth-order valence-electron chi connectivity index (χ4n) is 3.41. The average Bonchev–Trinajstić information content (AvgIpc) is 3.31. The third-order valence-electron chi connectivity index (χ3n) is 5.19. The molecule has 1 aliphatic heterocycles. The molecular weight excluding hydrogens is 366 g/mol. The molecule has 1 saturated heterocycles.